The molecule has 18 heavy (non-hydrogen) atoms. The van der Waals surface area contributed by atoms with Gasteiger partial charge in [0.1, 0.15) is 5.75 Å². The van der Waals surface area contributed by atoms with E-state index >= 15 is 0 Å². The van der Waals surface area contributed by atoms with Gasteiger partial charge in [-0.25, -0.2) is 0 Å². The van der Waals surface area contributed by atoms with Crippen molar-refractivity contribution in [3.05, 3.63) is 29.8 Å². The number of rotatable bonds is 4. The topological polar surface area (TPSA) is 32.7 Å². The van der Waals surface area contributed by atoms with Gasteiger partial charge in [-0.15, -0.1) is 0 Å². The maximum Gasteiger partial charge on any atom is 0.123 e. The van der Waals surface area contributed by atoms with Gasteiger partial charge in [-0.2, -0.15) is 0 Å². The molecule has 0 spiro atoms. The van der Waals surface area contributed by atoms with Crippen LogP contribution in [0.1, 0.15) is 25.3 Å². The first-order valence-electron chi connectivity index (χ1n) is 6.77. The minimum absolute atomic E-state index is 0.121. The fourth-order valence-electron chi connectivity index (χ4n) is 2.71. The lowest BCUT2D eigenvalue weighted by molar-refractivity contribution is 0.0220. The number of ether oxygens (including phenoxy) is 1. The van der Waals surface area contributed by atoms with Crippen LogP contribution in [0.3, 0.4) is 0 Å². The monoisotopic (exact) mass is 249 g/mol. The van der Waals surface area contributed by atoms with Gasteiger partial charge in [-0.3, -0.25) is 4.90 Å². The van der Waals surface area contributed by atoms with Gasteiger partial charge in [0, 0.05) is 25.2 Å². The van der Waals surface area contributed by atoms with Crippen molar-refractivity contribution >= 4 is 0 Å². The van der Waals surface area contributed by atoms with Gasteiger partial charge in [0.25, 0.3) is 0 Å². The van der Waals surface area contributed by atoms with Gasteiger partial charge >= 0.3 is 0 Å². The van der Waals surface area contributed by atoms with Crippen LogP contribution >= 0.6 is 0 Å². The molecule has 1 heterocycles. The van der Waals surface area contributed by atoms with E-state index in [-0.39, 0.29) is 6.10 Å². The van der Waals surface area contributed by atoms with Crippen molar-refractivity contribution in [2.24, 2.45) is 5.92 Å². The van der Waals surface area contributed by atoms with E-state index in [4.69, 9.17) is 4.74 Å². The van der Waals surface area contributed by atoms with E-state index in [2.05, 4.69) is 17.9 Å². The summed E-state index contributed by atoms with van der Waals surface area (Å²) < 4.78 is 5.39. The molecule has 1 aliphatic rings. The summed E-state index contributed by atoms with van der Waals surface area (Å²) in [6.07, 6.45) is 1.81. The van der Waals surface area contributed by atoms with Crippen LogP contribution in [0.5, 0.6) is 5.75 Å². The number of methoxy groups -OCH3 is 1. The SMILES string of the molecule is CCC1CN(Cc2ccccc2OC)CCC1O. The van der Waals surface area contributed by atoms with E-state index in [1.165, 1.54) is 5.56 Å². The maximum absolute atomic E-state index is 9.90. The number of nitrogens with zero attached hydrogens (tertiary/aromatic N) is 1. The largest absolute Gasteiger partial charge is 0.496 e. The molecule has 2 atom stereocenters. The first-order valence-corrected chi connectivity index (χ1v) is 6.77. The van der Waals surface area contributed by atoms with Gasteiger partial charge < -0.3 is 9.84 Å². The highest BCUT2D eigenvalue weighted by molar-refractivity contribution is 5.33. The van der Waals surface area contributed by atoms with E-state index in [9.17, 15) is 5.11 Å². The van der Waals surface area contributed by atoms with Crippen molar-refractivity contribution in [3.63, 3.8) is 0 Å². The molecule has 1 aromatic carbocycles. The second-order valence-corrected chi connectivity index (χ2v) is 5.07. The van der Waals surface area contributed by atoms with Gasteiger partial charge in [-0.05, 0) is 24.8 Å². The van der Waals surface area contributed by atoms with Crippen LogP contribution in [0.2, 0.25) is 0 Å². The smallest absolute Gasteiger partial charge is 0.123 e. The van der Waals surface area contributed by atoms with E-state index < -0.39 is 0 Å². The van der Waals surface area contributed by atoms with Crippen LogP contribution in [0.15, 0.2) is 24.3 Å². The summed E-state index contributed by atoms with van der Waals surface area (Å²) >= 11 is 0. The lowest BCUT2D eigenvalue weighted by atomic mass is 9.92. The number of para-hydroxylation sites is 1. The highest BCUT2D eigenvalue weighted by Gasteiger charge is 2.26. The zero-order chi connectivity index (χ0) is 13.0. The summed E-state index contributed by atoms with van der Waals surface area (Å²) in [4.78, 5) is 2.42. The van der Waals surface area contributed by atoms with E-state index in [1.807, 2.05) is 18.2 Å². The lowest BCUT2D eigenvalue weighted by Gasteiger charge is -2.36. The van der Waals surface area contributed by atoms with Crippen LogP contribution in [-0.4, -0.2) is 36.3 Å². The Bertz CT molecular complexity index is 381. The van der Waals surface area contributed by atoms with Gasteiger partial charge in [0.15, 0.2) is 0 Å². The molecule has 0 amide bonds. The molecule has 0 radical (unpaired) electrons. The van der Waals surface area contributed by atoms with Crippen LogP contribution in [-0.2, 0) is 6.54 Å². The fraction of sp³-hybridized carbons (Fsp3) is 0.600. The Labute approximate surface area is 109 Å². The predicted molar refractivity (Wildman–Crippen MR) is 72.7 cm³/mol. The summed E-state index contributed by atoms with van der Waals surface area (Å²) in [7, 11) is 1.72. The van der Waals surface area contributed by atoms with Crippen molar-refractivity contribution in [3.8, 4) is 5.75 Å². The standard InChI is InChI=1S/C15H23NO2/c1-3-12-10-16(9-8-14(12)17)11-13-6-4-5-7-15(13)18-2/h4-7,12,14,17H,3,8-11H2,1-2H3. The van der Waals surface area contributed by atoms with Crippen LogP contribution in [0.4, 0.5) is 0 Å². The van der Waals surface area contributed by atoms with Gasteiger partial charge in [0.05, 0.1) is 13.2 Å². The molecule has 1 aliphatic heterocycles. The Balaban J connectivity index is 2.01. The molecule has 3 nitrogen and oxygen atoms in total. The van der Waals surface area contributed by atoms with Crippen molar-refractivity contribution in [1.29, 1.82) is 0 Å². The second kappa shape index (κ2) is 6.21. The number of piperidine rings is 1. The van der Waals surface area contributed by atoms with Crippen molar-refractivity contribution in [1.82, 2.24) is 4.90 Å². The molecule has 0 aliphatic carbocycles. The maximum atomic E-state index is 9.90. The molecule has 0 saturated carbocycles. The molecule has 1 aromatic rings. The van der Waals surface area contributed by atoms with Crippen LogP contribution in [0.25, 0.3) is 0 Å². The highest BCUT2D eigenvalue weighted by Crippen LogP contribution is 2.24. The first kappa shape index (κ1) is 13.4. The molecular formula is C15H23NO2. The van der Waals surface area contributed by atoms with Crippen molar-refractivity contribution < 1.29 is 9.84 Å². The molecule has 100 valence electrons. The predicted octanol–water partition coefficient (Wildman–Crippen LogP) is 2.29. The number of hydrogen-bond acceptors (Lipinski definition) is 3. The third-order valence-electron chi connectivity index (χ3n) is 3.89. The normalized spacial score (nSPS) is 25.1. The Morgan fingerprint density at radius 1 is 1.39 bits per heavy atom. The van der Waals surface area contributed by atoms with Crippen LogP contribution < -0.4 is 4.74 Å². The van der Waals surface area contributed by atoms with E-state index in [0.717, 1.165) is 38.2 Å². The first-order chi connectivity index (χ1) is 8.74. The van der Waals surface area contributed by atoms with Gasteiger partial charge in [0.2, 0.25) is 0 Å². The molecule has 2 rings (SSSR count). The molecular weight excluding hydrogens is 226 g/mol. The lowest BCUT2D eigenvalue weighted by Crippen LogP contribution is -2.42. The third-order valence-corrected chi connectivity index (χ3v) is 3.89. The third kappa shape index (κ3) is 3.03. The van der Waals surface area contributed by atoms with E-state index in [1.54, 1.807) is 7.11 Å². The average molecular weight is 249 g/mol. The summed E-state index contributed by atoms with van der Waals surface area (Å²) in [6.45, 7) is 5.01. The highest BCUT2D eigenvalue weighted by atomic mass is 16.5. The number of aliphatic hydroxyl groups excluding tert-OH is 1. The van der Waals surface area contributed by atoms with Crippen molar-refractivity contribution in [2.45, 2.75) is 32.4 Å². The minimum Gasteiger partial charge on any atom is -0.496 e. The molecule has 0 bridgehead atoms. The summed E-state index contributed by atoms with van der Waals surface area (Å²) in [5.74, 6) is 1.37. The zero-order valence-corrected chi connectivity index (χ0v) is 11.3. The Hall–Kier alpha value is -1.06. The number of aliphatic hydroxyl groups is 1. The summed E-state index contributed by atoms with van der Waals surface area (Å²) in [5.41, 5.74) is 1.23. The fourth-order valence-corrected chi connectivity index (χ4v) is 2.71. The summed E-state index contributed by atoms with van der Waals surface area (Å²) in [5, 5.41) is 9.90. The molecule has 1 fully saturated rings. The van der Waals surface area contributed by atoms with E-state index in [0.29, 0.717) is 5.92 Å². The van der Waals surface area contributed by atoms with Crippen molar-refractivity contribution in [2.75, 3.05) is 20.2 Å². The molecule has 0 aromatic heterocycles. The Morgan fingerprint density at radius 3 is 2.89 bits per heavy atom. The zero-order valence-electron chi connectivity index (χ0n) is 11.3. The molecule has 1 saturated heterocycles. The number of benzene rings is 1. The molecule has 1 N–H and O–H groups in total. The molecule has 3 heteroatoms. The molecule has 2 unspecified atom stereocenters. The van der Waals surface area contributed by atoms with Crippen LogP contribution in [0, 0.1) is 5.92 Å². The Morgan fingerprint density at radius 2 is 2.17 bits per heavy atom. The average Bonchev–Trinajstić information content (AvgIpc) is 2.41. The summed E-state index contributed by atoms with van der Waals surface area (Å²) in [6, 6.07) is 8.17. The quantitative estimate of drug-likeness (QED) is 0.888. The number of hydrogen-bond donors (Lipinski definition) is 1. The second-order valence-electron chi connectivity index (χ2n) is 5.07. The minimum atomic E-state index is -0.121. The number of likely N-dealkylation sites (tertiary alicyclic amines) is 1. The Kier molecular flexibility index (Phi) is 4.61. The van der Waals surface area contributed by atoms with Gasteiger partial charge in [-0.1, -0.05) is 25.1 Å².